The summed E-state index contributed by atoms with van der Waals surface area (Å²) in [5, 5.41) is 3.39. The summed E-state index contributed by atoms with van der Waals surface area (Å²) < 4.78 is 10.6. The molecule has 1 amide bonds. The van der Waals surface area contributed by atoms with Crippen LogP contribution in [0.3, 0.4) is 0 Å². The van der Waals surface area contributed by atoms with Crippen molar-refractivity contribution < 1.29 is 14.3 Å². The Kier molecular flexibility index (Phi) is 14.6. The molecule has 0 spiro atoms. The second kappa shape index (κ2) is 15.7. The Morgan fingerprint density at radius 1 is 1.20 bits per heavy atom. The Morgan fingerprint density at radius 2 is 1.88 bits per heavy atom. The highest BCUT2D eigenvalue weighted by Crippen LogP contribution is 2.32. The zero-order valence-electron chi connectivity index (χ0n) is 15.9. The minimum atomic E-state index is 0.250. The Hall–Kier alpha value is -1.79. The van der Waals surface area contributed by atoms with Crippen LogP contribution in [-0.4, -0.2) is 32.3 Å². The molecular weight excluding hydrogens is 318 g/mol. The number of ether oxygens (including phenoxy) is 2. The van der Waals surface area contributed by atoms with Crippen molar-refractivity contribution in [3.8, 4) is 11.5 Å². The number of nitrogens with one attached hydrogen (secondary N) is 1. The fraction of sp³-hybridized carbons (Fsp3) is 0.632. The standard InChI is InChI=1S/C12H17NO2.C6H15N.CH3NO/c1-3-13-9(2)6-10-4-5-11-12(7-10)15-8-14-11;1-2-3-4-5-6-7;2-1-3/h4-5,7,9,13H,3,6,8H2,1-2H3;2-7H2,1H3;1H,(H2,2,3). The number of rotatable bonds is 8. The number of unbranched alkanes of at least 4 members (excludes halogenated alkanes) is 3. The molecule has 0 fully saturated rings. The summed E-state index contributed by atoms with van der Waals surface area (Å²) in [6.07, 6.45) is 6.43. The monoisotopic (exact) mass is 353 g/mol. The van der Waals surface area contributed by atoms with E-state index >= 15 is 0 Å². The lowest BCUT2D eigenvalue weighted by Crippen LogP contribution is -2.27. The lowest BCUT2D eigenvalue weighted by Gasteiger charge is -2.12. The Bertz CT molecular complexity index is 452. The predicted octanol–water partition coefficient (Wildman–Crippen LogP) is 2.58. The lowest BCUT2D eigenvalue weighted by molar-refractivity contribution is -0.106. The number of fused-ring (bicyclic) bond motifs is 1. The van der Waals surface area contributed by atoms with Gasteiger partial charge in [0.25, 0.3) is 0 Å². The molecule has 0 saturated heterocycles. The SMILES string of the molecule is CCCCCCN.CCNC(C)Cc1ccc2c(c1)OCO2.NC=O. The molecule has 0 aliphatic carbocycles. The van der Waals surface area contributed by atoms with Crippen molar-refractivity contribution in [1.82, 2.24) is 5.32 Å². The van der Waals surface area contributed by atoms with Crippen LogP contribution in [0.4, 0.5) is 0 Å². The van der Waals surface area contributed by atoms with Crippen molar-refractivity contribution in [2.75, 3.05) is 19.9 Å². The normalized spacial score (nSPS) is 12.3. The van der Waals surface area contributed by atoms with Crippen LogP contribution in [0.2, 0.25) is 0 Å². The van der Waals surface area contributed by atoms with E-state index in [1.807, 2.05) is 6.07 Å². The van der Waals surface area contributed by atoms with E-state index in [-0.39, 0.29) is 6.41 Å². The van der Waals surface area contributed by atoms with Crippen molar-refractivity contribution >= 4 is 6.41 Å². The molecule has 25 heavy (non-hydrogen) atoms. The Labute approximate surface area is 152 Å². The molecule has 1 aromatic carbocycles. The molecule has 1 unspecified atom stereocenters. The third-order valence-electron chi connectivity index (χ3n) is 3.59. The Balaban J connectivity index is 0.000000486. The molecule has 144 valence electrons. The number of likely N-dealkylation sites (N-methyl/N-ethyl adjacent to an activating group) is 1. The largest absolute Gasteiger partial charge is 0.454 e. The van der Waals surface area contributed by atoms with E-state index in [1.54, 1.807) is 0 Å². The summed E-state index contributed by atoms with van der Waals surface area (Å²) in [5.74, 6) is 1.73. The van der Waals surface area contributed by atoms with Crippen molar-refractivity contribution in [3.05, 3.63) is 23.8 Å². The number of nitrogens with two attached hydrogens (primary N) is 2. The molecule has 6 heteroatoms. The number of hydrogen-bond acceptors (Lipinski definition) is 5. The van der Waals surface area contributed by atoms with Crippen LogP contribution in [-0.2, 0) is 11.2 Å². The van der Waals surface area contributed by atoms with E-state index in [0.717, 1.165) is 31.0 Å². The van der Waals surface area contributed by atoms with Gasteiger partial charge >= 0.3 is 0 Å². The van der Waals surface area contributed by atoms with E-state index < -0.39 is 0 Å². The zero-order valence-corrected chi connectivity index (χ0v) is 15.9. The maximum atomic E-state index is 8.58. The average Bonchev–Trinajstić information content (AvgIpc) is 3.04. The number of carbonyl (C=O) groups excluding carboxylic acids is 1. The number of hydrogen-bond donors (Lipinski definition) is 3. The molecule has 0 radical (unpaired) electrons. The van der Waals surface area contributed by atoms with Crippen LogP contribution in [0.1, 0.15) is 52.0 Å². The van der Waals surface area contributed by atoms with Gasteiger partial charge < -0.3 is 26.3 Å². The Morgan fingerprint density at radius 3 is 2.48 bits per heavy atom. The summed E-state index contributed by atoms with van der Waals surface area (Å²) >= 11 is 0. The van der Waals surface area contributed by atoms with E-state index in [2.05, 4.69) is 44.0 Å². The molecule has 1 atom stereocenters. The van der Waals surface area contributed by atoms with Gasteiger partial charge in [-0.1, -0.05) is 39.2 Å². The fourth-order valence-corrected chi connectivity index (χ4v) is 2.41. The van der Waals surface area contributed by atoms with Gasteiger partial charge in [-0.3, -0.25) is 4.79 Å². The van der Waals surface area contributed by atoms with Gasteiger partial charge in [0.2, 0.25) is 13.2 Å². The van der Waals surface area contributed by atoms with Crippen molar-refractivity contribution in [3.63, 3.8) is 0 Å². The van der Waals surface area contributed by atoms with Crippen LogP contribution in [0.5, 0.6) is 11.5 Å². The summed E-state index contributed by atoms with van der Waals surface area (Å²) in [7, 11) is 0. The summed E-state index contributed by atoms with van der Waals surface area (Å²) in [6, 6.07) is 6.64. The smallest absolute Gasteiger partial charge is 0.231 e. The topological polar surface area (TPSA) is 99.6 Å². The maximum absolute atomic E-state index is 8.58. The first kappa shape index (κ1) is 23.2. The highest BCUT2D eigenvalue weighted by molar-refractivity contribution is 5.44. The predicted molar refractivity (Wildman–Crippen MR) is 103 cm³/mol. The maximum Gasteiger partial charge on any atom is 0.231 e. The molecule has 6 nitrogen and oxygen atoms in total. The van der Waals surface area contributed by atoms with Crippen LogP contribution >= 0.6 is 0 Å². The highest BCUT2D eigenvalue weighted by atomic mass is 16.7. The van der Waals surface area contributed by atoms with Gasteiger partial charge in [0.1, 0.15) is 0 Å². The lowest BCUT2D eigenvalue weighted by atomic mass is 10.1. The van der Waals surface area contributed by atoms with Gasteiger partial charge in [0.05, 0.1) is 0 Å². The molecule has 1 heterocycles. The first-order chi connectivity index (χ1) is 12.1. The van der Waals surface area contributed by atoms with Crippen molar-refractivity contribution in [2.24, 2.45) is 11.5 Å². The third kappa shape index (κ3) is 11.4. The van der Waals surface area contributed by atoms with E-state index in [1.165, 1.54) is 31.2 Å². The number of carbonyl (C=O) groups is 1. The van der Waals surface area contributed by atoms with Gasteiger partial charge in [-0.05, 0) is 50.6 Å². The summed E-state index contributed by atoms with van der Waals surface area (Å²) in [5.41, 5.74) is 10.7. The van der Waals surface area contributed by atoms with Gasteiger partial charge in [-0.25, -0.2) is 0 Å². The molecule has 0 saturated carbocycles. The number of primary amides is 1. The minimum absolute atomic E-state index is 0.250. The fourth-order valence-electron chi connectivity index (χ4n) is 2.41. The number of amides is 1. The summed E-state index contributed by atoms with van der Waals surface area (Å²) in [6.45, 7) is 8.73. The van der Waals surface area contributed by atoms with Crippen LogP contribution < -0.4 is 26.3 Å². The average molecular weight is 354 g/mol. The first-order valence-electron chi connectivity index (χ1n) is 9.10. The van der Waals surface area contributed by atoms with Crippen LogP contribution in [0, 0.1) is 0 Å². The zero-order chi connectivity index (χ0) is 18.9. The summed E-state index contributed by atoms with van der Waals surface area (Å²) in [4.78, 5) is 8.58. The van der Waals surface area contributed by atoms with Gasteiger partial charge in [0, 0.05) is 6.04 Å². The highest BCUT2D eigenvalue weighted by Gasteiger charge is 2.13. The molecule has 2 rings (SSSR count). The second-order valence-electron chi connectivity index (χ2n) is 5.84. The third-order valence-corrected chi connectivity index (χ3v) is 3.59. The molecule has 1 aromatic rings. The molecule has 0 bridgehead atoms. The van der Waals surface area contributed by atoms with Gasteiger partial charge in [-0.15, -0.1) is 0 Å². The minimum Gasteiger partial charge on any atom is -0.454 e. The number of benzene rings is 1. The van der Waals surface area contributed by atoms with Crippen LogP contribution in [0.25, 0.3) is 0 Å². The molecule has 1 aliphatic heterocycles. The van der Waals surface area contributed by atoms with Gasteiger partial charge in [-0.2, -0.15) is 0 Å². The van der Waals surface area contributed by atoms with Crippen LogP contribution in [0.15, 0.2) is 18.2 Å². The molecule has 0 aromatic heterocycles. The van der Waals surface area contributed by atoms with E-state index in [0.29, 0.717) is 12.8 Å². The molecule has 5 N–H and O–H groups in total. The van der Waals surface area contributed by atoms with Crippen molar-refractivity contribution in [1.29, 1.82) is 0 Å². The van der Waals surface area contributed by atoms with E-state index in [4.69, 9.17) is 20.0 Å². The first-order valence-corrected chi connectivity index (χ1v) is 9.10. The van der Waals surface area contributed by atoms with Crippen molar-refractivity contribution in [2.45, 2.75) is 58.9 Å². The van der Waals surface area contributed by atoms with E-state index in [9.17, 15) is 0 Å². The molecule has 1 aliphatic rings. The molecular formula is C19H35N3O3. The van der Waals surface area contributed by atoms with Gasteiger partial charge in [0.15, 0.2) is 11.5 Å². The second-order valence-corrected chi connectivity index (χ2v) is 5.84. The quantitative estimate of drug-likeness (QED) is 0.493.